The van der Waals surface area contributed by atoms with Crippen LogP contribution in [0.2, 0.25) is 0 Å². The summed E-state index contributed by atoms with van der Waals surface area (Å²) in [6, 6.07) is 8.96. The fraction of sp³-hybridized carbons (Fsp3) is 0.556. The zero-order valence-electron chi connectivity index (χ0n) is 14.8. The van der Waals surface area contributed by atoms with E-state index in [4.69, 9.17) is 0 Å². The maximum absolute atomic E-state index is 11.6. The average molecular weight is 444 g/mol. The maximum atomic E-state index is 11.6. The molecule has 1 fully saturated rings. The van der Waals surface area contributed by atoms with E-state index in [1.807, 2.05) is 6.07 Å². The molecular weight excluding hydrogens is 415 g/mol. The van der Waals surface area contributed by atoms with Crippen molar-refractivity contribution >= 4 is 35.8 Å². The molecule has 1 aromatic rings. The van der Waals surface area contributed by atoms with Crippen molar-refractivity contribution in [2.24, 2.45) is 4.99 Å². The highest BCUT2D eigenvalue weighted by molar-refractivity contribution is 14.0. The molecule has 2 rings (SSSR count). The lowest BCUT2D eigenvalue weighted by atomic mass is 10.0. The van der Waals surface area contributed by atoms with Gasteiger partial charge >= 0.3 is 0 Å². The Bertz CT molecular complexity index is 558. The molecule has 0 spiro atoms. The Hall–Kier alpha value is -1.31. The van der Waals surface area contributed by atoms with Gasteiger partial charge in [-0.25, -0.2) is 0 Å². The first kappa shape index (κ1) is 20.7. The van der Waals surface area contributed by atoms with Crippen LogP contribution in [0.15, 0.2) is 29.3 Å². The van der Waals surface area contributed by atoms with Crippen LogP contribution in [-0.4, -0.2) is 31.5 Å². The maximum Gasteiger partial charge on any atom is 0.220 e. The third-order valence-electron chi connectivity index (χ3n) is 4.05. The molecule has 6 heteroatoms. The molecule has 0 radical (unpaired) electrons. The Morgan fingerprint density at radius 2 is 2.04 bits per heavy atom. The lowest BCUT2D eigenvalue weighted by Crippen LogP contribution is -2.39. The van der Waals surface area contributed by atoms with E-state index < -0.39 is 0 Å². The average Bonchev–Trinajstić information content (AvgIpc) is 3.34. The van der Waals surface area contributed by atoms with E-state index in [-0.39, 0.29) is 35.9 Å². The van der Waals surface area contributed by atoms with Gasteiger partial charge in [0.15, 0.2) is 5.96 Å². The van der Waals surface area contributed by atoms with E-state index in [2.05, 4.69) is 53.0 Å². The van der Waals surface area contributed by atoms with Crippen LogP contribution in [-0.2, 0) is 4.79 Å². The molecule has 1 atom stereocenters. The summed E-state index contributed by atoms with van der Waals surface area (Å²) in [5, 5.41) is 9.67. The smallest absolute Gasteiger partial charge is 0.220 e. The first-order chi connectivity index (χ1) is 11.1. The summed E-state index contributed by atoms with van der Waals surface area (Å²) >= 11 is 0. The fourth-order valence-electron chi connectivity index (χ4n) is 2.53. The van der Waals surface area contributed by atoms with Crippen molar-refractivity contribution in [3.8, 4) is 0 Å². The van der Waals surface area contributed by atoms with Crippen molar-refractivity contribution in [3.63, 3.8) is 0 Å². The number of nitrogens with one attached hydrogen (secondary N) is 3. The van der Waals surface area contributed by atoms with E-state index in [9.17, 15) is 4.79 Å². The fourth-order valence-corrected chi connectivity index (χ4v) is 2.53. The van der Waals surface area contributed by atoms with Gasteiger partial charge in [-0.2, -0.15) is 0 Å². The van der Waals surface area contributed by atoms with Crippen molar-refractivity contribution in [2.45, 2.75) is 51.6 Å². The monoisotopic (exact) mass is 444 g/mol. The van der Waals surface area contributed by atoms with Gasteiger partial charge in [-0.3, -0.25) is 9.79 Å². The Morgan fingerprint density at radius 1 is 1.33 bits per heavy atom. The van der Waals surface area contributed by atoms with E-state index in [0.29, 0.717) is 12.5 Å². The first-order valence-electron chi connectivity index (χ1n) is 8.42. The molecule has 0 aromatic heterocycles. The Kier molecular flexibility index (Phi) is 9.10. The highest BCUT2D eigenvalue weighted by Gasteiger charge is 2.22. The van der Waals surface area contributed by atoms with E-state index >= 15 is 0 Å². The van der Waals surface area contributed by atoms with Gasteiger partial charge in [-0.15, -0.1) is 24.0 Å². The molecule has 0 bridgehead atoms. The third-order valence-corrected chi connectivity index (χ3v) is 4.05. The number of hydrogen-bond donors (Lipinski definition) is 3. The molecule has 1 unspecified atom stereocenters. The number of hydrogen-bond acceptors (Lipinski definition) is 2. The number of aliphatic imine (C=N–C) groups is 1. The van der Waals surface area contributed by atoms with Crippen LogP contribution in [0.5, 0.6) is 0 Å². The molecule has 0 aliphatic heterocycles. The van der Waals surface area contributed by atoms with Gasteiger partial charge < -0.3 is 16.0 Å². The van der Waals surface area contributed by atoms with E-state index in [1.165, 1.54) is 11.1 Å². The van der Waals surface area contributed by atoms with Gasteiger partial charge in [0.2, 0.25) is 5.91 Å². The molecule has 0 saturated heterocycles. The molecule has 24 heavy (non-hydrogen) atoms. The highest BCUT2D eigenvalue weighted by Crippen LogP contribution is 2.18. The third kappa shape index (κ3) is 7.07. The molecule has 5 nitrogen and oxygen atoms in total. The molecule has 1 aliphatic rings. The number of carbonyl (C=O) groups is 1. The Balaban J connectivity index is 0.00000288. The minimum Gasteiger partial charge on any atom is -0.356 e. The Labute approximate surface area is 162 Å². The Morgan fingerprint density at radius 3 is 2.67 bits per heavy atom. The van der Waals surface area contributed by atoms with Crippen LogP contribution in [0.4, 0.5) is 0 Å². The SMILES string of the molecule is CN=C(NCCCC(=O)NC1CC1)NC(C)c1ccccc1C.I. The predicted molar refractivity (Wildman–Crippen MR) is 110 cm³/mol. The summed E-state index contributed by atoms with van der Waals surface area (Å²) in [6.07, 6.45) is 3.64. The van der Waals surface area contributed by atoms with E-state index in [0.717, 1.165) is 31.8 Å². The van der Waals surface area contributed by atoms with Gasteiger partial charge in [0, 0.05) is 26.1 Å². The summed E-state index contributed by atoms with van der Waals surface area (Å²) in [4.78, 5) is 15.9. The van der Waals surface area contributed by atoms with Crippen molar-refractivity contribution in [2.75, 3.05) is 13.6 Å². The minimum atomic E-state index is 0. The van der Waals surface area contributed by atoms with Crippen LogP contribution in [0.25, 0.3) is 0 Å². The number of amides is 1. The topological polar surface area (TPSA) is 65.5 Å². The number of aryl methyl sites for hydroxylation is 1. The summed E-state index contributed by atoms with van der Waals surface area (Å²) in [5.74, 6) is 0.925. The summed E-state index contributed by atoms with van der Waals surface area (Å²) < 4.78 is 0. The zero-order valence-corrected chi connectivity index (χ0v) is 17.1. The zero-order chi connectivity index (χ0) is 16.7. The van der Waals surface area contributed by atoms with Crippen LogP contribution >= 0.6 is 24.0 Å². The van der Waals surface area contributed by atoms with Gasteiger partial charge in [0.25, 0.3) is 0 Å². The summed E-state index contributed by atoms with van der Waals surface area (Å²) in [7, 11) is 1.76. The molecule has 1 saturated carbocycles. The molecule has 1 aliphatic carbocycles. The number of rotatable bonds is 7. The first-order valence-corrected chi connectivity index (χ1v) is 8.42. The summed E-state index contributed by atoms with van der Waals surface area (Å²) in [6.45, 7) is 4.97. The second-order valence-electron chi connectivity index (χ2n) is 6.17. The molecule has 1 aromatic carbocycles. The van der Waals surface area contributed by atoms with Crippen LogP contribution in [0.3, 0.4) is 0 Å². The van der Waals surface area contributed by atoms with Gasteiger partial charge in [-0.1, -0.05) is 24.3 Å². The minimum absolute atomic E-state index is 0. The van der Waals surface area contributed by atoms with Gasteiger partial charge in [0.05, 0.1) is 6.04 Å². The quantitative estimate of drug-likeness (QED) is 0.262. The number of guanidine groups is 1. The normalized spacial score (nSPS) is 15.2. The second kappa shape index (κ2) is 10.5. The number of carbonyl (C=O) groups excluding carboxylic acids is 1. The molecular formula is C18H29IN4O. The highest BCUT2D eigenvalue weighted by atomic mass is 127. The van der Waals surface area contributed by atoms with Crippen LogP contribution in [0.1, 0.15) is 49.8 Å². The van der Waals surface area contributed by atoms with E-state index in [1.54, 1.807) is 7.05 Å². The molecule has 1 amide bonds. The van der Waals surface area contributed by atoms with Crippen LogP contribution in [0, 0.1) is 6.92 Å². The standard InChI is InChI=1S/C18H28N4O.HI/c1-13-7-4-5-8-16(13)14(2)21-18(19-3)20-12-6-9-17(23)22-15-10-11-15;/h4-5,7-8,14-15H,6,9-12H2,1-3H3,(H,22,23)(H2,19,20,21);1H. The summed E-state index contributed by atoms with van der Waals surface area (Å²) in [5.41, 5.74) is 2.53. The van der Waals surface area contributed by atoms with Crippen molar-refractivity contribution in [1.29, 1.82) is 0 Å². The van der Waals surface area contributed by atoms with Crippen molar-refractivity contribution in [1.82, 2.24) is 16.0 Å². The number of nitrogens with zero attached hydrogens (tertiary/aromatic N) is 1. The number of halogens is 1. The van der Waals surface area contributed by atoms with Gasteiger partial charge in [-0.05, 0) is 44.2 Å². The lowest BCUT2D eigenvalue weighted by Gasteiger charge is -2.19. The molecule has 0 heterocycles. The second-order valence-corrected chi connectivity index (χ2v) is 6.17. The number of benzene rings is 1. The van der Waals surface area contributed by atoms with Crippen molar-refractivity contribution < 1.29 is 4.79 Å². The predicted octanol–water partition coefficient (Wildman–Crippen LogP) is 2.90. The molecule has 3 N–H and O–H groups in total. The van der Waals surface area contributed by atoms with Crippen molar-refractivity contribution in [3.05, 3.63) is 35.4 Å². The molecule has 134 valence electrons. The van der Waals surface area contributed by atoms with Gasteiger partial charge in [0.1, 0.15) is 0 Å². The van der Waals surface area contributed by atoms with Crippen LogP contribution < -0.4 is 16.0 Å². The largest absolute Gasteiger partial charge is 0.356 e. The lowest BCUT2D eigenvalue weighted by molar-refractivity contribution is -0.121.